The van der Waals surface area contributed by atoms with Gasteiger partial charge in [-0.2, -0.15) is 0 Å². The summed E-state index contributed by atoms with van der Waals surface area (Å²) >= 11 is 0. The van der Waals surface area contributed by atoms with Crippen LogP contribution >= 0.6 is 0 Å². The molecule has 2 N–H and O–H groups in total. The normalized spacial score (nSPS) is 35.2. The minimum atomic E-state index is -2.85. The number of Topliss-reactive ketones (excluding diaryl/α,β-unsaturated/α-hetero) is 1. The summed E-state index contributed by atoms with van der Waals surface area (Å²) in [7, 11) is -2.85. The van der Waals surface area contributed by atoms with Gasteiger partial charge >= 0.3 is 17.9 Å². The van der Waals surface area contributed by atoms with Crippen LogP contribution in [-0.4, -0.2) is 84.4 Å². The molecule has 6 rings (SSSR count). The lowest BCUT2D eigenvalue weighted by molar-refractivity contribution is -0.344. The van der Waals surface area contributed by atoms with Gasteiger partial charge in [-0.1, -0.05) is 76.2 Å². The van der Waals surface area contributed by atoms with Crippen LogP contribution < -0.4 is 5.19 Å². The number of hydrogen-bond acceptors (Lipinski definition) is 11. The summed E-state index contributed by atoms with van der Waals surface area (Å²) in [5.74, 6) is -5.08. The van der Waals surface area contributed by atoms with Gasteiger partial charge in [0.05, 0.1) is 35.7 Å². The topological polar surface area (TPSA) is 155 Å². The number of carbonyl (C=O) groups excluding carboxylic acids is 4. The highest BCUT2D eigenvalue weighted by atomic mass is 28.4. The van der Waals surface area contributed by atoms with Crippen molar-refractivity contribution < 1.29 is 52.8 Å². The fourth-order valence-corrected chi connectivity index (χ4v) is 11.5. The van der Waals surface area contributed by atoms with E-state index in [1.807, 2.05) is 43.4 Å². The third-order valence-electron chi connectivity index (χ3n) is 12.3. The summed E-state index contributed by atoms with van der Waals surface area (Å²) in [4.78, 5) is 56.2. The van der Waals surface area contributed by atoms with Crippen LogP contribution in [0.5, 0.6) is 0 Å². The molecule has 2 unspecified atom stereocenters. The van der Waals surface area contributed by atoms with Crippen molar-refractivity contribution in [3.05, 3.63) is 77.6 Å². The van der Waals surface area contributed by atoms with Gasteiger partial charge in [0.25, 0.3) is 0 Å². The molecular formula is C40H50O11Si. The number of aliphatic hydroxyl groups is 2. The summed E-state index contributed by atoms with van der Waals surface area (Å²) in [5.41, 5.74) is -6.44. The second kappa shape index (κ2) is 13.3. The number of hydrogen-bond donors (Lipinski definition) is 2. The molecule has 0 spiro atoms. The van der Waals surface area contributed by atoms with Crippen molar-refractivity contribution in [2.24, 2.45) is 22.7 Å². The lowest BCUT2D eigenvalue weighted by Crippen LogP contribution is -2.81. The molecule has 2 saturated carbocycles. The van der Waals surface area contributed by atoms with Crippen molar-refractivity contribution in [2.45, 2.75) is 110 Å². The Bertz CT molecular complexity index is 1770. The molecule has 0 amide bonds. The molecule has 3 aliphatic carbocycles. The summed E-state index contributed by atoms with van der Waals surface area (Å²) in [6.07, 6.45) is -4.79. The number of benzene rings is 2. The predicted octanol–water partition coefficient (Wildman–Crippen LogP) is 4.38. The van der Waals surface area contributed by atoms with Crippen LogP contribution in [0.1, 0.15) is 71.2 Å². The van der Waals surface area contributed by atoms with Gasteiger partial charge in [-0.05, 0) is 42.9 Å². The molecule has 1 heterocycles. The Labute approximate surface area is 305 Å². The SMILES string of the molecule is CCC(=O)OC1=C2C(C)[C@@H](O)C[C@@](O)([C@@H](OC(=O)c3ccccc3)C3[C@](C)(C1=O)[C@@H](O[Si](C)(C)c1ccccc1)C[C@H]1OC[C@@]31OC(C)=O)C2(C)C. The number of carbonyl (C=O) groups is 4. The molecule has 4 aliphatic rings. The van der Waals surface area contributed by atoms with Crippen molar-refractivity contribution in [3.63, 3.8) is 0 Å². The molecule has 0 radical (unpaired) electrons. The van der Waals surface area contributed by atoms with Crippen LogP contribution in [0.2, 0.25) is 13.1 Å². The summed E-state index contributed by atoms with van der Waals surface area (Å²) in [6.45, 7) is 13.5. The minimum absolute atomic E-state index is 0.0513. The zero-order valence-corrected chi connectivity index (χ0v) is 32.1. The molecular weight excluding hydrogens is 685 g/mol. The lowest BCUT2D eigenvalue weighted by atomic mass is 9.45. The number of rotatable bonds is 8. The summed E-state index contributed by atoms with van der Waals surface area (Å²) in [6, 6.07) is 17.9. The Hall–Kier alpha value is -3.68. The standard InChI is InChI=1S/C40H50O11Si/c1-9-30(43)48-32-31-23(2)27(42)21-40(46,37(31,4)5)35(49-36(45)25-16-12-10-13-17-25)33-38(6,34(32)44)28(20-29-39(33,22-47-29)50-24(3)41)51-52(7,8)26-18-14-11-15-19-26/h10-19,23,27-29,33,35,42,46H,9,20-22H2,1-8H3/t23?,27-,28-,29+,33?,35-,38+,39-,40+/m0/s1. The Morgan fingerprint density at radius 1 is 1.00 bits per heavy atom. The van der Waals surface area contributed by atoms with Crippen LogP contribution in [0.25, 0.3) is 0 Å². The van der Waals surface area contributed by atoms with E-state index in [9.17, 15) is 24.6 Å². The van der Waals surface area contributed by atoms with Gasteiger partial charge in [0.2, 0.25) is 14.1 Å². The molecule has 12 heteroatoms. The molecule has 2 aromatic carbocycles. The smallest absolute Gasteiger partial charge is 0.338 e. The van der Waals surface area contributed by atoms with Crippen molar-refractivity contribution in [1.82, 2.24) is 0 Å². The van der Waals surface area contributed by atoms with Crippen LogP contribution in [0, 0.1) is 22.7 Å². The first-order chi connectivity index (χ1) is 24.3. The van der Waals surface area contributed by atoms with Gasteiger partial charge in [0, 0.05) is 37.5 Å². The van der Waals surface area contributed by atoms with Crippen molar-refractivity contribution >= 4 is 37.2 Å². The van der Waals surface area contributed by atoms with Gasteiger partial charge in [-0.25, -0.2) is 4.79 Å². The molecule has 9 atom stereocenters. The van der Waals surface area contributed by atoms with E-state index in [2.05, 4.69) is 0 Å². The van der Waals surface area contributed by atoms with Crippen molar-refractivity contribution in [2.75, 3.05) is 6.61 Å². The van der Waals surface area contributed by atoms with Gasteiger partial charge in [-0.15, -0.1) is 0 Å². The van der Waals surface area contributed by atoms with Gasteiger partial charge in [-0.3, -0.25) is 14.4 Å². The number of allylic oxidation sites excluding steroid dienone is 1. The Morgan fingerprint density at radius 3 is 2.17 bits per heavy atom. The van der Waals surface area contributed by atoms with E-state index in [-0.39, 0.29) is 42.8 Å². The average molecular weight is 735 g/mol. The maximum absolute atomic E-state index is 15.8. The van der Waals surface area contributed by atoms with E-state index in [4.69, 9.17) is 23.4 Å². The van der Waals surface area contributed by atoms with E-state index in [0.29, 0.717) is 0 Å². The third-order valence-corrected chi connectivity index (χ3v) is 14.9. The predicted molar refractivity (Wildman–Crippen MR) is 191 cm³/mol. The van der Waals surface area contributed by atoms with E-state index in [1.54, 1.807) is 65.0 Å². The van der Waals surface area contributed by atoms with E-state index < -0.39 is 90.3 Å². The number of fused-ring (bicyclic) bond motifs is 5. The monoisotopic (exact) mass is 734 g/mol. The Balaban J connectivity index is 1.69. The molecule has 3 fully saturated rings. The zero-order chi connectivity index (χ0) is 38.0. The van der Waals surface area contributed by atoms with Crippen LogP contribution in [0.4, 0.5) is 0 Å². The second-order valence-electron chi connectivity index (χ2n) is 16.0. The number of esters is 3. The first kappa shape index (κ1) is 38.1. The Morgan fingerprint density at radius 2 is 1.62 bits per heavy atom. The highest BCUT2D eigenvalue weighted by Gasteiger charge is 2.78. The molecule has 1 saturated heterocycles. The van der Waals surface area contributed by atoms with E-state index in [1.165, 1.54) is 6.92 Å². The second-order valence-corrected chi connectivity index (χ2v) is 19.9. The molecule has 1 aliphatic heterocycles. The van der Waals surface area contributed by atoms with Crippen LogP contribution in [0.3, 0.4) is 0 Å². The van der Waals surface area contributed by atoms with Crippen molar-refractivity contribution in [3.8, 4) is 0 Å². The first-order valence-electron chi connectivity index (χ1n) is 18.1. The molecule has 280 valence electrons. The number of aliphatic hydroxyl groups excluding tert-OH is 1. The minimum Gasteiger partial charge on any atom is -0.455 e. The van der Waals surface area contributed by atoms with Gasteiger partial charge in [0.1, 0.15) is 17.8 Å². The van der Waals surface area contributed by atoms with Crippen LogP contribution in [0.15, 0.2) is 72.0 Å². The fraction of sp³-hybridized carbons (Fsp3) is 0.550. The first-order valence-corrected chi connectivity index (χ1v) is 21.0. The number of ether oxygens (including phenoxy) is 4. The Kier molecular flexibility index (Phi) is 9.74. The largest absolute Gasteiger partial charge is 0.455 e. The lowest BCUT2D eigenvalue weighted by Gasteiger charge is -2.67. The average Bonchev–Trinajstić information content (AvgIpc) is 3.09. The van der Waals surface area contributed by atoms with E-state index in [0.717, 1.165) is 5.19 Å². The highest BCUT2D eigenvalue weighted by molar-refractivity contribution is 6.84. The third kappa shape index (κ3) is 5.78. The molecule has 2 bridgehead atoms. The van der Waals surface area contributed by atoms with E-state index >= 15 is 4.79 Å². The van der Waals surface area contributed by atoms with Crippen LogP contribution in [-0.2, 0) is 37.8 Å². The molecule has 0 aromatic heterocycles. The quantitative estimate of drug-likeness (QED) is 0.226. The fourth-order valence-electron chi connectivity index (χ4n) is 9.35. The van der Waals surface area contributed by atoms with Crippen molar-refractivity contribution in [1.29, 1.82) is 0 Å². The summed E-state index contributed by atoms with van der Waals surface area (Å²) in [5, 5.41) is 26.0. The maximum Gasteiger partial charge on any atom is 0.338 e. The maximum atomic E-state index is 15.8. The summed E-state index contributed by atoms with van der Waals surface area (Å²) < 4.78 is 32.0. The van der Waals surface area contributed by atoms with Gasteiger partial charge < -0.3 is 33.6 Å². The van der Waals surface area contributed by atoms with Gasteiger partial charge in [0.15, 0.2) is 11.4 Å². The number of ketones is 1. The zero-order valence-electron chi connectivity index (χ0n) is 31.1. The highest BCUT2D eigenvalue weighted by Crippen LogP contribution is 2.65. The molecule has 52 heavy (non-hydrogen) atoms. The molecule has 11 nitrogen and oxygen atoms in total. The molecule has 2 aromatic rings.